The van der Waals surface area contributed by atoms with Crippen molar-refractivity contribution in [1.29, 1.82) is 0 Å². The second-order valence-corrected chi connectivity index (χ2v) is 6.25. The third kappa shape index (κ3) is 3.27. The lowest BCUT2D eigenvalue weighted by Gasteiger charge is -2.28. The third-order valence-corrected chi connectivity index (χ3v) is 4.52. The molecule has 2 atom stereocenters. The Bertz CT molecular complexity index is 526. The summed E-state index contributed by atoms with van der Waals surface area (Å²) < 4.78 is 5.14. The zero-order chi connectivity index (χ0) is 14.8. The summed E-state index contributed by atoms with van der Waals surface area (Å²) in [4.78, 5) is 12.0. The second-order valence-electron chi connectivity index (χ2n) is 6.25. The van der Waals surface area contributed by atoms with Gasteiger partial charge >= 0.3 is 0 Å². The summed E-state index contributed by atoms with van der Waals surface area (Å²) in [6.45, 7) is 0.512. The minimum absolute atomic E-state index is 0.109. The van der Waals surface area contributed by atoms with Gasteiger partial charge in [-0.05, 0) is 48.8 Å². The van der Waals surface area contributed by atoms with Crippen LogP contribution >= 0.6 is 0 Å². The Morgan fingerprint density at radius 2 is 2.24 bits per heavy atom. The first-order chi connectivity index (χ1) is 10.2. The van der Waals surface area contributed by atoms with Gasteiger partial charge in [0.1, 0.15) is 0 Å². The molecule has 2 aliphatic rings. The molecule has 0 spiro atoms. The van der Waals surface area contributed by atoms with Gasteiger partial charge in [-0.1, -0.05) is 18.2 Å². The summed E-state index contributed by atoms with van der Waals surface area (Å²) in [6.07, 6.45) is 5.33. The SMILES string of the molecule is COCC(N)c1ccc2c(c1)C(NC(=O)C1CC1)CCC2. The monoisotopic (exact) mass is 288 g/mol. The van der Waals surface area contributed by atoms with Crippen molar-refractivity contribution >= 4 is 5.91 Å². The number of hydrogen-bond donors (Lipinski definition) is 2. The highest BCUT2D eigenvalue weighted by Crippen LogP contribution is 2.34. The van der Waals surface area contributed by atoms with E-state index in [0.29, 0.717) is 6.61 Å². The number of amides is 1. The van der Waals surface area contributed by atoms with Crippen LogP contribution in [0.25, 0.3) is 0 Å². The molecular weight excluding hydrogens is 264 g/mol. The Morgan fingerprint density at radius 3 is 2.95 bits per heavy atom. The number of nitrogens with two attached hydrogens (primary N) is 1. The maximum atomic E-state index is 12.0. The molecule has 4 heteroatoms. The molecule has 0 aromatic heterocycles. The van der Waals surface area contributed by atoms with E-state index < -0.39 is 0 Å². The third-order valence-electron chi connectivity index (χ3n) is 4.52. The number of aryl methyl sites for hydroxylation is 1. The molecule has 21 heavy (non-hydrogen) atoms. The van der Waals surface area contributed by atoms with Crippen molar-refractivity contribution in [3.05, 3.63) is 34.9 Å². The van der Waals surface area contributed by atoms with Gasteiger partial charge in [-0.2, -0.15) is 0 Å². The van der Waals surface area contributed by atoms with Gasteiger partial charge in [-0.25, -0.2) is 0 Å². The molecule has 1 amide bonds. The lowest BCUT2D eigenvalue weighted by molar-refractivity contribution is -0.123. The van der Waals surface area contributed by atoms with Gasteiger partial charge in [0.15, 0.2) is 0 Å². The number of methoxy groups -OCH3 is 1. The summed E-state index contributed by atoms with van der Waals surface area (Å²) in [6, 6.07) is 6.46. The molecule has 4 nitrogen and oxygen atoms in total. The lowest BCUT2D eigenvalue weighted by Crippen LogP contribution is -2.32. The maximum absolute atomic E-state index is 12.0. The van der Waals surface area contributed by atoms with Crippen molar-refractivity contribution in [3.8, 4) is 0 Å². The van der Waals surface area contributed by atoms with Gasteiger partial charge in [-0.15, -0.1) is 0 Å². The summed E-state index contributed by atoms with van der Waals surface area (Å²) in [5.74, 6) is 0.480. The van der Waals surface area contributed by atoms with E-state index in [9.17, 15) is 4.79 Å². The van der Waals surface area contributed by atoms with Crippen LogP contribution in [0.2, 0.25) is 0 Å². The standard InChI is InChI=1S/C17H24N2O2/c1-21-10-15(18)13-8-5-11-3-2-4-16(14(11)9-13)19-17(20)12-6-7-12/h5,8-9,12,15-16H,2-4,6-7,10,18H2,1H3,(H,19,20). The molecule has 1 aromatic rings. The molecule has 3 rings (SSSR count). The molecule has 0 radical (unpaired) electrons. The Kier molecular flexibility index (Phi) is 4.27. The Labute approximate surface area is 126 Å². The minimum Gasteiger partial charge on any atom is -0.383 e. The van der Waals surface area contributed by atoms with E-state index in [2.05, 4.69) is 23.5 Å². The molecule has 1 fully saturated rings. The number of rotatable bonds is 5. The first-order valence-electron chi connectivity index (χ1n) is 7.86. The zero-order valence-electron chi connectivity index (χ0n) is 12.6. The molecule has 0 aliphatic heterocycles. The fourth-order valence-corrected chi connectivity index (χ4v) is 3.11. The van der Waals surface area contributed by atoms with Gasteiger partial charge in [-0.3, -0.25) is 4.79 Å². The fraction of sp³-hybridized carbons (Fsp3) is 0.588. The van der Waals surface area contributed by atoms with E-state index in [1.807, 2.05) is 0 Å². The summed E-state index contributed by atoms with van der Waals surface area (Å²) in [5, 5.41) is 3.22. The largest absolute Gasteiger partial charge is 0.383 e. The van der Waals surface area contributed by atoms with Gasteiger partial charge in [0, 0.05) is 13.0 Å². The highest BCUT2D eigenvalue weighted by molar-refractivity contribution is 5.81. The highest BCUT2D eigenvalue weighted by atomic mass is 16.5. The molecule has 0 bridgehead atoms. The number of nitrogens with one attached hydrogen (secondary N) is 1. The van der Waals surface area contributed by atoms with E-state index in [0.717, 1.165) is 37.7 Å². The minimum atomic E-state index is -0.109. The van der Waals surface area contributed by atoms with Crippen LogP contribution in [0.4, 0.5) is 0 Å². The van der Waals surface area contributed by atoms with E-state index in [-0.39, 0.29) is 23.9 Å². The van der Waals surface area contributed by atoms with E-state index in [4.69, 9.17) is 10.5 Å². The smallest absolute Gasteiger partial charge is 0.223 e. The zero-order valence-corrected chi connectivity index (χ0v) is 12.6. The molecule has 114 valence electrons. The number of hydrogen-bond acceptors (Lipinski definition) is 3. The van der Waals surface area contributed by atoms with Crippen molar-refractivity contribution in [2.75, 3.05) is 13.7 Å². The number of benzene rings is 1. The first kappa shape index (κ1) is 14.5. The van der Waals surface area contributed by atoms with Crippen molar-refractivity contribution in [2.24, 2.45) is 11.7 Å². The maximum Gasteiger partial charge on any atom is 0.223 e. The van der Waals surface area contributed by atoms with Crippen LogP contribution in [-0.4, -0.2) is 19.6 Å². The molecule has 2 unspecified atom stereocenters. The van der Waals surface area contributed by atoms with Crippen LogP contribution in [0.5, 0.6) is 0 Å². The van der Waals surface area contributed by atoms with Crippen LogP contribution < -0.4 is 11.1 Å². The van der Waals surface area contributed by atoms with Crippen LogP contribution in [-0.2, 0) is 16.0 Å². The summed E-state index contributed by atoms with van der Waals surface area (Å²) in [5.41, 5.74) is 9.81. The van der Waals surface area contributed by atoms with Crippen molar-refractivity contribution in [3.63, 3.8) is 0 Å². The average molecular weight is 288 g/mol. The molecule has 1 aromatic carbocycles. The van der Waals surface area contributed by atoms with Crippen molar-refractivity contribution in [1.82, 2.24) is 5.32 Å². The van der Waals surface area contributed by atoms with Gasteiger partial charge in [0.05, 0.1) is 18.7 Å². The number of ether oxygens (including phenoxy) is 1. The van der Waals surface area contributed by atoms with Gasteiger partial charge < -0.3 is 15.8 Å². The fourth-order valence-electron chi connectivity index (χ4n) is 3.11. The number of carbonyl (C=O) groups is 1. The summed E-state index contributed by atoms with van der Waals surface area (Å²) >= 11 is 0. The first-order valence-corrected chi connectivity index (χ1v) is 7.86. The van der Waals surface area contributed by atoms with Crippen LogP contribution in [0.15, 0.2) is 18.2 Å². The molecular formula is C17H24N2O2. The molecule has 3 N–H and O–H groups in total. The van der Waals surface area contributed by atoms with E-state index in [1.165, 1.54) is 11.1 Å². The van der Waals surface area contributed by atoms with Crippen LogP contribution in [0.3, 0.4) is 0 Å². The van der Waals surface area contributed by atoms with Crippen LogP contribution in [0.1, 0.15) is 54.5 Å². The quantitative estimate of drug-likeness (QED) is 0.873. The normalized spacial score (nSPS) is 22.5. The lowest BCUT2D eigenvalue weighted by atomic mass is 9.85. The number of fused-ring (bicyclic) bond motifs is 1. The van der Waals surface area contributed by atoms with E-state index in [1.54, 1.807) is 7.11 Å². The topological polar surface area (TPSA) is 64.3 Å². The van der Waals surface area contributed by atoms with Gasteiger partial charge in [0.25, 0.3) is 0 Å². The van der Waals surface area contributed by atoms with Crippen molar-refractivity contribution < 1.29 is 9.53 Å². The Morgan fingerprint density at radius 1 is 1.43 bits per heavy atom. The molecule has 0 saturated heterocycles. The van der Waals surface area contributed by atoms with Crippen LogP contribution in [0, 0.1) is 5.92 Å². The average Bonchev–Trinajstić information content (AvgIpc) is 3.32. The predicted octanol–water partition coefficient (Wildman–Crippen LogP) is 2.24. The molecule has 1 saturated carbocycles. The molecule has 0 heterocycles. The Balaban J connectivity index is 1.80. The van der Waals surface area contributed by atoms with E-state index >= 15 is 0 Å². The highest BCUT2D eigenvalue weighted by Gasteiger charge is 2.32. The summed E-state index contributed by atoms with van der Waals surface area (Å²) in [7, 11) is 1.66. The Hall–Kier alpha value is -1.39. The number of carbonyl (C=O) groups excluding carboxylic acids is 1. The van der Waals surface area contributed by atoms with Crippen molar-refractivity contribution in [2.45, 2.75) is 44.2 Å². The molecule has 2 aliphatic carbocycles. The second kappa shape index (κ2) is 6.16. The predicted molar refractivity (Wildman–Crippen MR) is 81.8 cm³/mol. The van der Waals surface area contributed by atoms with Gasteiger partial charge in [0.2, 0.25) is 5.91 Å².